The molecule has 0 spiro atoms. The molecule has 0 fully saturated rings. The van der Waals surface area contributed by atoms with Gasteiger partial charge in [0.2, 0.25) is 5.95 Å². The van der Waals surface area contributed by atoms with Crippen LogP contribution >= 0.6 is 0 Å². The molecule has 1 aromatic carbocycles. The lowest BCUT2D eigenvalue weighted by molar-refractivity contribution is 1.12. The Hall–Kier alpha value is -2.10. The van der Waals surface area contributed by atoms with Crippen molar-refractivity contribution in [3.8, 4) is 0 Å². The Bertz CT molecular complexity index is 530. The van der Waals surface area contributed by atoms with E-state index in [1.165, 1.54) is 11.1 Å². The van der Waals surface area contributed by atoms with Gasteiger partial charge < -0.3 is 11.1 Å². The van der Waals surface area contributed by atoms with E-state index in [1.54, 1.807) is 0 Å². The van der Waals surface area contributed by atoms with E-state index in [1.807, 2.05) is 32.9 Å². The molecule has 4 heteroatoms. The third-order valence-corrected chi connectivity index (χ3v) is 2.65. The standard InChI is InChI=1S/C13H16N4.C2H6/c1-8-4-5-11(6-9(8)2)16-12-7-10(3)15-13(14)17-12;1-2/h4-7H,1-3H3,(H3,14,15,16,17);1-2H3. The van der Waals surface area contributed by atoms with Crippen LogP contribution in [-0.4, -0.2) is 9.97 Å². The van der Waals surface area contributed by atoms with Crippen molar-refractivity contribution < 1.29 is 0 Å². The van der Waals surface area contributed by atoms with Gasteiger partial charge in [-0.1, -0.05) is 19.9 Å². The molecule has 3 N–H and O–H groups in total. The van der Waals surface area contributed by atoms with Crippen LogP contribution in [0.25, 0.3) is 0 Å². The molecule has 2 aromatic rings. The van der Waals surface area contributed by atoms with Crippen LogP contribution in [0.5, 0.6) is 0 Å². The quantitative estimate of drug-likeness (QED) is 0.861. The second kappa shape index (κ2) is 6.73. The van der Waals surface area contributed by atoms with Crippen LogP contribution in [0, 0.1) is 20.8 Å². The minimum absolute atomic E-state index is 0.288. The predicted molar refractivity (Wildman–Crippen MR) is 81.7 cm³/mol. The third-order valence-electron chi connectivity index (χ3n) is 2.65. The van der Waals surface area contributed by atoms with Gasteiger partial charge in [0, 0.05) is 17.4 Å². The second-order valence-electron chi connectivity index (χ2n) is 4.18. The Morgan fingerprint density at radius 1 is 0.947 bits per heavy atom. The first kappa shape index (κ1) is 15.0. The first-order valence-electron chi connectivity index (χ1n) is 6.50. The third kappa shape index (κ3) is 4.25. The topological polar surface area (TPSA) is 63.8 Å². The molecule has 1 heterocycles. The molecule has 19 heavy (non-hydrogen) atoms. The van der Waals surface area contributed by atoms with Gasteiger partial charge in [0.05, 0.1) is 0 Å². The van der Waals surface area contributed by atoms with Gasteiger partial charge in [0.1, 0.15) is 5.82 Å². The zero-order chi connectivity index (χ0) is 14.4. The molecule has 0 bridgehead atoms. The average molecular weight is 258 g/mol. The van der Waals surface area contributed by atoms with Crippen molar-refractivity contribution in [3.05, 3.63) is 41.1 Å². The highest BCUT2D eigenvalue weighted by molar-refractivity contribution is 5.58. The number of rotatable bonds is 2. The first-order chi connectivity index (χ1) is 9.04. The van der Waals surface area contributed by atoms with E-state index in [0.29, 0.717) is 0 Å². The Kier molecular flexibility index (Phi) is 5.30. The summed E-state index contributed by atoms with van der Waals surface area (Å²) in [5.41, 5.74) is 9.98. The van der Waals surface area contributed by atoms with Gasteiger partial charge in [-0.2, -0.15) is 4.98 Å². The van der Waals surface area contributed by atoms with Crippen molar-refractivity contribution in [3.63, 3.8) is 0 Å². The molecule has 2 rings (SSSR count). The van der Waals surface area contributed by atoms with Gasteiger partial charge in [-0.25, -0.2) is 4.98 Å². The number of nitrogens with one attached hydrogen (secondary N) is 1. The number of aromatic nitrogens is 2. The molecule has 0 saturated heterocycles. The van der Waals surface area contributed by atoms with Crippen LogP contribution in [0.2, 0.25) is 0 Å². The average Bonchev–Trinajstić information content (AvgIpc) is 2.35. The first-order valence-corrected chi connectivity index (χ1v) is 6.50. The summed E-state index contributed by atoms with van der Waals surface area (Å²) >= 11 is 0. The van der Waals surface area contributed by atoms with E-state index in [2.05, 4.69) is 41.3 Å². The Labute approximate surface area is 115 Å². The van der Waals surface area contributed by atoms with Gasteiger partial charge in [-0.15, -0.1) is 0 Å². The van der Waals surface area contributed by atoms with Crippen LogP contribution in [0.15, 0.2) is 24.3 Å². The van der Waals surface area contributed by atoms with Crippen molar-refractivity contribution in [2.24, 2.45) is 0 Å². The van der Waals surface area contributed by atoms with Crippen LogP contribution in [0.4, 0.5) is 17.5 Å². The monoisotopic (exact) mass is 258 g/mol. The van der Waals surface area contributed by atoms with Crippen LogP contribution in [0.1, 0.15) is 30.7 Å². The minimum atomic E-state index is 0.288. The molecule has 0 aliphatic rings. The highest BCUT2D eigenvalue weighted by atomic mass is 15.1. The van der Waals surface area contributed by atoms with Crippen molar-refractivity contribution in [1.82, 2.24) is 9.97 Å². The summed E-state index contributed by atoms with van der Waals surface area (Å²) in [5, 5.41) is 3.22. The zero-order valence-electron chi connectivity index (χ0n) is 12.3. The van der Waals surface area contributed by atoms with E-state index in [-0.39, 0.29) is 5.95 Å². The maximum atomic E-state index is 5.60. The number of aryl methyl sites for hydroxylation is 3. The summed E-state index contributed by atoms with van der Waals surface area (Å²) in [6.07, 6.45) is 0. The predicted octanol–water partition coefficient (Wildman–Crippen LogP) is 3.75. The molecule has 0 saturated carbocycles. The molecule has 0 unspecified atom stereocenters. The molecule has 102 valence electrons. The van der Waals surface area contributed by atoms with E-state index >= 15 is 0 Å². The van der Waals surface area contributed by atoms with Crippen LogP contribution in [-0.2, 0) is 0 Å². The van der Waals surface area contributed by atoms with Crippen LogP contribution in [0.3, 0.4) is 0 Å². The largest absolute Gasteiger partial charge is 0.368 e. The second-order valence-corrected chi connectivity index (χ2v) is 4.18. The normalized spacial score (nSPS) is 9.53. The lowest BCUT2D eigenvalue weighted by Crippen LogP contribution is -2.01. The Morgan fingerprint density at radius 3 is 2.21 bits per heavy atom. The maximum Gasteiger partial charge on any atom is 0.222 e. The van der Waals surface area contributed by atoms with Crippen molar-refractivity contribution >= 4 is 17.5 Å². The highest BCUT2D eigenvalue weighted by Gasteiger charge is 2.01. The van der Waals surface area contributed by atoms with Gasteiger partial charge in [-0.05, 0) is 44.0 Å². The Morgan fingerprint density at radius 2 is 1.63 bits per heavy atom. The summed E-state index contributed by atoms with van der Waals surface area (Å²) in [6, 6.07) is 8.06. The molecule has 0 amide bonds. The van der Waals surface area contributed by atoms with E-state index in [0.717, 1.165) is 17.2 Å². The van der Waals surface area contributed by atoms with E-state index < -0.39 is 0 Å². The Balaban J connectivity index is 0.000000861. The van der Waals surface area contributed by atoms with Gasteiger partial charge in [0.25, 0.3) is 0 Å². The van der Waals surface area contributed by atoms with E-state index in [4.69, 9.17) is 5.73 Å². The molecule has 0 aliphatic heterocycles. The SMILES string of the molecule is CC.Cc1cc(Nc2ccc(C)c(C)c2)nc(N)n1. The van der Waals surface area contributed by atoms with Gasteiger partial charge >= 0.3 is 0 Å². The molecular formula is C15H22N4. The summed E-state index contributed by atoms with van der Waals surface area (Å²) in [5.74, 6) is 1.01. The molecule has 0 aliphatic carbocycles. The summed E-state index contributed by atoms with van der Waals surface area (Å²) < 4.78 is 0. The fourth-order valence-electron chi connectivity index (χ4n) is 1.62. The van der Waals surface area contributed by atoms with Crippen molar-refractivity contribution in [1.29, 1.82) is 0 Å². The smallest absolute Gasteiger partial charge is 0.222 e. The van der Waals surface area contributed by atoms with Crippen LogP contribution < -0.4 is 11.1 Å². The van der Waals surface area contributed by atoms with E-state index in [9.17, 15) is 0 Å². The summed E-state index contributed by atoms with van der Waals surface area (Å²) in [6.45, 7) is 10.1. The molecular weight excluding hydrogens is 236 g/mol. The number of anilines is 3. The minimum Gasteiger partial charge on any atom is -0.368 e. The van der Waals surface area contributed by atoms with Gasteiger partial charge in [0.15, 0.2) is 0 Å². The van der Waals surface area contributed by atoms with Crippen molar-refractivity contribution in [2.75, 3.05) is 11.1 Å². The molecule has 0 radical (unpaired) electrons. The van der Waals surface area contributed by atoms with Crippen molar-refractivity contribution in [2.45, 2.75) is 34.6 Å². The maximum absolute atomic E-state index is 5.60. The lowest BCUT2D eigenvalue weighted by Gasteiger charge is -2.08. The number of hydrogen-bond donors (Lipinski definition) is 2. The number of nitrogen functional groups attached to an aromatic ring is 1. The fraction of sp³-hybridized carbons (Fsp3) is 0.333. The number of nitrogens with two attached hydrogens (primary N) is 1. The lowest BCUT2D eigenvalue weighted by atomic mass is 10.1. The number of hydrogen-bond acceptors (Lipinski definition) is 4. The van der Waals surface area contributed by atoms with Gasteiger partial charge in [-0.3, -0.25) is 0 Å². The molecule has 4 nitrogen and oxygen atoms in total. The molecule has 1 aromatic heterocycles. The number of nitrogens with zero attached hydrogens (tertiary/aromatic N) is 2. The number of benzene rings is 1. The summed E-state index contributed by atoms with van der Waals surface area (Å²) in [4.78, 5) is 8.17. The summed E-state index contributed by atoms with van der Waals surface area (Å²) in [7, 11) is 0. The fourth-order valence-corrected chi connectivity index (χ4v) is 1.62. The highest BCUT2D eigenvalue weighted by Crippen LogP contribution is 2.19. The zero-order valence-corrected chi connectivity index (χ0v) is 12.3. The molecule has 0 atom stereocenters.